The monoisotopic (exact) mass is 497 g/mol. The molecule has 1 unspecified atom stereocenters. The van der Waals surface area contributed by atoms with Crippen molar-refractivity contribution in [3.8, 4) is 29.0 Å². The van der Waals surface area contributed by atoms with Gasteiger partial charge in [-0.1, -0.05) is 36.4 Å². The first-order valence-electron chi connectivity index (χ1n) is 12.1. The standard InChI is InChI=1S/C30H31N3O4/c1-30(2,15-5-8-21-6-3-4-7-25(21)17-31)33-19-27(34)20-37-28-16-24(13-14-26(28)18-32)22-9-11-23(12-10-22)29(35)36/h3-4,6-7,9-14,16,27,33-34H,5,8,15,19-20H2,1-2H3,(H,35,36). The number of carboxylic acids is 1. The van der Waals surface area contributed by atoms with Crippen LogP contribution in [0, 0.1) is 22.7 Å². The van der Waals surface area contributed by atoms with Gasteiger partial charge in [-0.3, -0.25) is 0 Å². The number of nitrogens with one attached hydrogen (secondary N) is 1. The number of nitrogens with zero attached hydrogens (tertiary/aromatic N) is 2. The summed E-state index contributed by atoms with van der Waals surface area (Å²) in [6.07, 6.45) is 1.79. The maximum Gasteiger partial charge on any atom is 0.335 e. The Morgan fingerprint density at radius 1 is 1.00 bits per heavy atom. The highest BCUT2D eigenvalue weighted by Crippen LogP contribution is 2.28. The van der Waals surface area contributed by atoms with E-state index in [9.17, 15) is 20.4 Å². The number of aromatic carboxylic acids is 1. The lowest BCUT2D eigenvalue weighted by Crippen LogP contribution is -2.44. The number of carboxylic acid groups (broad SMARTS) is 1. The van der Waals surface area contributed by atoms with Crippen LogP contribution in [0.2, 0.25) is 0 Å². The van der Waals surface area contributed by atoms with Crippen LogP contribution in [0.5, 0.6) is 5.75 Å². The van der Waals surface area contributed by atoms with E-state index in [1.54, 1.807) is 30.3 Å². The second kappa shape index (κ2) is 12.7. The molecule has 3 aromatic rings. The molecule has 3 N–H and O–H groups in total. The molecule has 0 radical (unpaired) electrons. The Labute approximate surface area is 217 Å². The number of carbonyl (C=O) groups is 1. The smallest absolute Gasteiger partial charge is 0.335 e. The Hall–Kier alpha value is -4.17. The number of hydrogen-bond acceptors (Lipinski definition) is 6. The highest BCUT2D eigenvalue weighted by Gasteiger charge is 2.19. The summed E-state index contributed by atoms with van der Waals surface area (Å²) in [6, 6.07) is 23.6. The van der Waals surface area contributed by atoms with Gasteiger partial charge in [0.25, 0.3) is 0 Å². The molecule has 0 aliphatic rings. The molecular weight excluding hydrogens is 466 g/mol. The van der Waals surface area contributed by atoms with Gasteiger partial charge in [-0.2, -0.15) is 10.5 Å². The van der Waals surface area contributed by atoms with Crippen LogP contribution in [0.3, 0.4) is 0 Å². The van der Waals surface area contributed by atoms with Crippen molar-refractivity contribution in [2.24, 2.45) is 0 Å². The zero-order valence-corrected chi connectivity index (χ0v) is 21.1. The first kappa shape index (κ1) is 27.4. The summed E-state index contributed by atoms with van der Waals surface area (Å²) in [5.74, 6) is -0.637. The fourth-order valence-corrected chi connectivity index (χ4v) is 4.01. The number of benzene rings is 3. The normalized spacial score (nSPS) is 11.8. The maximum absolute atomic E-state index is 11.1. The Bertz CT molecular complexity index is 1300. The summed E-state index contributed by atoms with van der Waals surface area (Å²) in [6.45, 7) is 4.47. The highest BCUT2D eigenvalue weighted by atomic mass is 16.5. The predicted octanol–water partition coefficient (Wildman–Crippen LogP) is 4.93. The summed E-state index contributed by atoms with van der Waals surface area (Å²) >= 11 is 0. The molecule has 1 atom stereocenters. The van der Waals surface area contributed by atoms with E-state index >= 15 is 0 Å². The summed E-state index contributed by atoms with van der Waals surface area (Å²) < 4.78 is 5.81. The lowest BCUT2D eigenvalue weighted by Gasteiger charge is -2.28. The van der Waals surface area contributed by atoms with Gasteiger partial charge in [0.15, 0.2) is 0 Å². The topological polar surface area (TPSA) is 126 Å². The number of rotatable bonds is 12. The quantitative estimate of drug-likeness (QED) is 0.324. The van der Waals surface area contributed by atoms with Crippen LogP contribution in [-0.2, 0) is 6.42 Å². The second-order valence-electron chi connectivity index (χ2n) is 9.56. The number of aryl methyl sites for hydroxylation is 1. The molecule has 0 fully saturated rings. The van der Waals surface area contributed by atoms with Gasteiger partial charge < -0.3 is 20.3 Å². The molecule has 0 aliphatic heterocycles. The van der Waals surface area contributed by atoms with Crippen LogP contribution >= 0.6 is 0 Å². The highest BCUT2D eigenvalue weighted by molar-refractivity contribution is 5.88. The predicted molar refractivity (Wildman–Crippen MR) is 141 cm³/mol. The van der Waals surface area contributed by atoms with Gasteiger partial charge in [0, 0.05) is 12.1 Å². The number of aliphatic hydroxyl groups is 1. The van der Waals surface area contributed by atoms with Crippen LogP contribution in [0.25, 0.3) is 11.1 Å². The zero-order chi connectivity index (χ0) is 26.8. The molecule has 0 aliphatic carbocycles. The lowest BCUT2D eigenvalue weighted by molar-refractivity contribution is 0.0697. The van der Waals surface area contributed by atoms with Crippen molar-refractivity contribution in [3.63, 3.8) is 0 Å². The number of β-amino-alcohol motifs (C(OH)–C–C–N with tert-alkyl or cyclic N) is 1. The summed E-state index contributed by atoms with van der Waals surface area (Å²) in [7, 11) is 0. The molecule has 190 valence electrons. The second-order valence-corrected chi connectivity index (χ2v) is 9.56. The fourth-order valence-electron chi connectivity index (χ4n) is 4.01. The maximum atomic E-state index is 11.1. The summed E-state index contributed by atoms with van der Waals surface area (Å²) in [5.41, 5.74) is 3.64. The van der Waals surface area contributed by atoms with Crippen LogP contribution in [0.15, 0.2) is 66.7 Å². The Balaban J connectivity index is 1.53. The minimum absolute atomic E-state index is 0.00864. The Morgan fingerprint density at radius 3 is 2.35 bits per heavy atom. The van der Waals surface area contributed by atoms with Gasteiger partial charge in [-0.05, 0) is 80.1 Å². The van der Waals surface area contributed by atoms with Crippen molar-refractivity contribution in [1.82, 2.24) is 5.32 Å². The fraction of sp³-hybridized carbons (Fsp3) is 0.300. The van der Waals surface area contributed by atoms with E-state index in [0.717, 1.165) is 36.0 Å². The van der Waals surface area contributed by atoms with Crippen molar-refractivity contribution < 1.29 is 19.7 Å². The van der Waals surface area contributed by atoms with E-state index in [-0.39, 0.29) is 17.7 Å². The third-order valence-electron chi connectivity index (χ3n) is 6.20. The van der Waals surface area contributed by atoms with Gasteiger partial charge in [0.05, 0.1) is 22.8 Å². The Kier molecular flexibility index (Phi) is 9.40. The van der Waals surface area contributed by atoms with Crippen molar-refractivity contribution in [3.05, 3.63) is 89.0 Å². The molecule has 0 amide bonds. The van der Waals surface area contributed by atoms with E-state index in [0.29, 0.717) is 23.4 Å². The average Bonchev–Trinajstić information content (AvgIpc) is 2.90. The molecule has 0 spiro atoms. The first-order chi connectivity index (χ1) is 17.7. The van der Waals surface area contributed by atoms with Crippen LogP contribution in [-0.4, -0.2) is 41.0 Å². The minimum atomic E-state index is -0.995. The van der Waals surface area contributed by atoms with Crippen LogP contribution in [0.1, 0.15) is 53.7 Å². The molecule has 0 heterocycles. The average molecular weight is 498 g/mol. The molecular formula is C30H31N3O4. The third kappa shape index (κ3) is 7.91. The Morgan fingerprint density at radius 2 is 1.68 bits per heavy atom. The van der Waals surface area contributed by atoms with Gasteiger partial charge >= 0.3 is 5.97 Å². The molecule has 3 rings (SSSR count). The molecule has 0 bridgehead atoms. The summed E-state index contributed by atoms with van der Waals surface area (Å²) in [4.78, 5) is 11.1. The van der Waals surface area contributed by atoms with Gasteiger partial charge in [0.1, 0.15) is 24.5 Å². The molecule has 7 heteroatoms. The SMILES string of the molecule is CC(C)(CCCc1ccccc1C#N)NCC(O)COc1cc(-c2ccc(C(=O)O)cc2)ccc1C#N. The molecule has 0 saturated heterocycles. The van der Waals surface area contributed by atoms with E-state index in [1.165, 1.54) is 12.1 Å². The van der Waals surface area contributed by atoms with Crippen molar-refractivity contribution in [2.75, 3.05) is 13.2 Å². The number of aliphatic hydroxyl groups excluding tert-OH is 1. The van der Waals surface area contributed by atoms with Crippen LogP contribution in [0.4, 0.5) is 0 Å². The molecule has 37 heavy (non-hydrogen) atoms. The largest absolute Gasteiger partial charge is 0.489 e. The van der Waals surface area contributed by atoms with Crippen molar-refractivity contribution >= 4 is 5.97 Å². The van der Waals surface area contributed by atoms with E-state index < -0.39 is 12.1 Å². The molecule has 3 aromatic carbocycles. The van der Waals surface area contributed by atoms with E-state index in [4.69, 9.17) is 9.84 Å². The molecule has 7 nitrogen and oxygen atoms in total. The minimum Gasteiger partial charge on any atom is -0.489 e. The summed E-state index contributed by atoms with van der Waals surface area (Å²) in [5, 5.41) is 41.7. The van der Waals surface area contributed by atoms with Crippen molar-refractivity contribution in [2.45, 2.75) is 44.8 Å². The van der Waals surface area contributed by atoms with Gasteiger partial charge in [-0.25, -0.2) is 4.79 Å². The van der Waals surface area contributed by atoms with Gasteiger partial charge in [-0.15, -0.1) is 0 Å². The van der Waals surface area contributed by atoms with Crippen LogP contribution < -0.4 is 10.1 Å². The number of ether oxygens (including phenoxy) is 1. The molecule has 0 aromatic heterocycles. The van der Waals surface area contributed by atoms with Gasteiger partial charge in [0.2, 0.25) is 0 Å². The van der Waals surface area contributed by atoms with Crippen molar-refractivity contribution in [1.29, 1.82) is 10.5 Å². The lowest BCUT2D eigenvalue weighted by atomic mass is 9.94. The number of hydrogen-bond donors (Lipinski definition) is 3. The molecule has 0 saturated carbocycles. The third-order valence-corrected chi connectivity index (χ3v) is 6.20. The first-order valence-corrected chi connectivity index (χ1v) is 12.1. The number of nitriles is 2. The van der Waals surface area contributed by atoms with E-state index in [1.807, 2.05) is 24.3 Å². The van der Waals surface area contributed by atoms with E-state index in [2.05, 4.69) is 31.3 Å². The zero-order valence-electron chi connectivity index (χ0n) is 21.1.